The SMILES string of the molecule is C=CC[C@H](CCO[C@H]1CCCCO1)C(=O)OC(C)(C)C. The molecule has 1 saturated heterocycles. The minimum atomic E-state index is -0.455. The molecule has 4 nitrogen and oxygen atoms in total. The molecule has 1 aliphatic heterocycles. The number of hydrogen-bond acceptors (Lipinski definition) is 4. The highest BCUT2D eigenvalue weighted by atomic mass is 16.7. The van der Waals surface area contributed by atoms with E-state index in [-0.39, 0.29) is 18.2 Å². The summed E-state index contributed by atoms with van der Waals surface area (Å²) < 4.78 is 16.6. The van der Waals surface area contributed by atoms with Gasteiger partial charge in [0.2, 0.25) is 0 Å². The minimum Gasteiger partial charge on any atom is -0.460 e. The summed E-state index contributed by atoms with van der Waals surface area (Å²) in [7, 11) is 0. The summed E-state index contributed by atoms with van der Waals surface area (Å²) in [6, 6.07) is 0. The molecule has 116 valence electrons. The van der Waals surface area contributed by atoms with Gasteiger partial charge < -0.3 is 14.2 Å². The molecule has 0 bridgehead atoms. The molecule has 0 aromatic heterocycles. The second-order valence-corrected chi connectivity index (χ2v) is 6.21. The Balaban J connectivity index is 2.34. The van der Waals surface area contributed by atoms with Gasteiger partial charge in [-0.3, -0.25) is 4.79 Å². The monoisotopic (exact) mass is 284 g/mol. The number of allylic oxidation sites excluding steroid dienone is 1. The van der Waals surface area contributed by atoms with Gasteiger partial charge in [-0.25, -0.2) is 0 Å². The Bertz CT molecular complexity index is 300. The van der Waals surface area contributed by atoms with Crippen LogP contribution in [0, 0.1) is 5.92 Å². The number of carbonyl (C=O) groups is 1. The lowest BCUT2D eigenvalue weighted by Crippen LogP contribution is -2.30. The van der Waals surface area contributed by atoms with E-state index < -0.39 is 5.60 Å². The van der Waals surface area contributed by atoms with E-state index >= 15 is 0 Å². The van der Waals surface area contributed by atoms with Crippen LogP contribution in [0.5, 0.6) is 0 Å². The lowest BCUT2D eigenvalue weighted by molar-refractivity contribution is -0.171. The van der Waals surface area contributed by atoms with E-state index in [1.807, 2.05) is 20.8 Å². The first-order chi connectivity index (χ1) is 9.42. The second kappa shape index (κ2) is 8.42. The molecule has 0 N–H and O–H groups in total. The lowest BCUT2D eigenvalue weighted by Gasteiger charge is -2.25. The molecule has 20 heavy (non-hydrogen) atoms. The molecule has 0 aliphatic carbocycles. The molecular weight excluding hydrogens is 256 g/mol. The van der Waals surface area contributed by atoms with Crippen LogP contribution in [-0.4, -0.2) is 31.1 Å². The maximum Gasteiger partial charge on any atom is 0.309 e. The van der Waals surface area contributed by atoms with Crippen molar-refractivity contribution in [3.05, 3.63) is 12.7 Å². The molecular formula is C16H28O4. The maximum absolute atomic E-state index is 12.1. The first-order valence-electron chi connectivity index (χ1n) is 7.49. The predicted octanol–water partition coefficient (Wildman–Crippen LogP) is 3.45. The third-order valence-corrected chi connectivity index (χ3v) is 3.10. The van der Waals surface area contributed by atoms with Crippen LogP contribution in [0.4, 0.5) is 0 Å². The van der Waals surface area contributed by atoms with Gasteiger partial charge in [0.15, 0.2) is 6.29 Å². The second-order valence-electron chi connectivity index (χ2n) is 6.21. The van der Waals surface area contributed by atoms with Crippen LogP contribution in [0.15, 0.2) is 12.7 Å². The number of carbonyl (C=O) groups excluding carboxylic acids is 1. The zero-order chi connectivity index (χ0) is 15.0. The van der Waals surface area contributed by atoms with Crippen LogP contribution in [0.2, 0.25) is 0 Å². The quantitative estimate of drug-likeness (QED) is 0.530. The zero-order valence-corrected chi connectivity index (χ0v) is 13.0. The molecule has 1 rings (SSSR count). The summed E-state index contributed by atoms with van der Waals surface area (Å²) in [5.41, 5.74) is -0.455. The summed E-state index contributed by atoms with van der Waals surface area (Å²) >= 11 is 0. The van der Waals surface area contributed by atoms with Crippen molar-refractivity contribution in [2.24, 2.45) is 5.92 Å². The molecule has 1 aliphatic rings. The van der Waals surface area contributed by atoms with E-state index in [4.69, 9.17) is 14.2 Å². The van der Waals surface area contributed by atoms with Gasteiger partial charge in [0.25, 0.3) is 0 Å². The number of ether oxygens (including phenoxy) is 3. The molecule has 1 fully saturated rings. The van der Waals surface area contributed by atoms with Gasteiger partial charge in [-0.05, 0) is 52.9 Å². The predicted molar refractivity (Wildman–Crippen MR) is 78.3 cm³/mol. The highest BCUT2D eigenvalue weighted by molar-refractivity contribution is 5.73. The highest BCUT2D eigenvalue weighted by Crippen LogP contribution is 2.19. The standard InChI is InChI=1S/C16H28O4/c1-5-8-13(15(17)20-16(2,3)4)10-12-19-14-9-6-7-11-18-14/h5,13-14H,1,6-12H2,2-4H3/t13-,14+/m1/s1. The molecule has 1 heterocycles. The minimum absolute atomic E-state index is 0.105. The van der Waals surface area contributed by atoms with Crippen molar-refractivity contribution in [3.63, 3.8) is 0 Å². The van der Waals surface area contributed by atoms with E-state index in [9.17, 15) is 4.79 Å². The summed E-state index contributed by atoms with van der Waals surface area (Å²) in [6.45, 7) is 10.6. The first kappa shape index (κ1) is 17.2. The topological polar surface area (TPSA) is 44.8 Å². The van der Waals surface area contributed by atoms with E-state index in [0.717, 1.165) is 25.9 Å². The summed E-state index contributed by atoms with van der Waals surface area (Å²) in [4.78, 5) is 12.1. The van der Waals surface area contributed by atoms with Crippen molar-refractivity contribution >= 4 is 5.97 Å². The third kappa shape index (κ3) is 7.06. The summed E-state index contributed by atoms with van der Waals surface area (Å²) in [6.07, 6.45) is 6.10. The number of hydrogen-bond donors (Lipinski definition) is 0. The molecule has 0 saturated carbocycles. The number of esters is 1. The molecule has 0 unspecified atom stereocenters. The van der Waals surface area contributed by atoms with Gasteiger partial charge in [-0.1, -0.05) is 6.08 Å². The first-order valence-corrected chi connectivity index (χ1v) is 7.49. The fourth-order valence-corrected chi connectivity index (χ4v) is 2.10. The highest BCUT2D eigenvalue weighted by Gasteiger charge is 2.24. The van der Waals surface area contributed by atoms with Crippen molar-refractivity contribution < 1.29 is 19.0 Å². The summed E-state index contributed by atoms with van der Waals surface area (Å²) in [5, 5.41) is 0. The molecule has 0 spiro atoms. The van der Waals surface area contributed by atoms with Gasteiger partial charge in [-0.2, -0.15) is 0 Å². The van der Waals surface area contributed by atoms with Crippen LogP contribution < -0.4 is 0 Å². The average molecular weight is 284 g/mol. The van der Waals surface area contributed by atoms with Gasteiger partial charge >= 0.3 is 5.97 Å². The fraction of sp³-hybridized carbons (Fsp3) is 0.812. The Morgan fingerprint density at radius 1 is 1.45 bits per heavy atom. The van der Waals surface area contributed by atoms with Crippen LogP contribution >= 0.6 is 0 Å². The zero-order valence-electron chi connectivity index (χ0n) is 13.0. The Morgan fingerprint density at radius 3 is 2.75 bits per heavy atom. The molecule has 0 aromatic rings. The largest absolute Gasteiger partial charge is 0.460 e. The van der Waals surface area contributed by atoms with E-state index in [0.29, 0.717) is 19.4 Å². The van der Waals surface area contributed by atoms with Crippen LogP contribution in [-0.2, 0) is 19.0 Å². The van der Waals surface area contributed by atoms with Gasteiger partial charge in [0.1, 0.15) is 5.60 Å². The van der Waals surface area contributed by atoms with E-state index in [2.05, 4.69) is 6.58 Å². The molecule has 2 atom stereocenters. The Hall–Kier alpha value is -0.870. The average Bonchev–Trinajstić information content (AvgIpc) is 2.37. The van der Waals surface area contributed by atoms with Crippen LogP contribution in [0.1, 0.15) is 52.9 Å². The Labute approximate surface area is 122 Å². The summed E-state index contributed by atoms with van der Waals surface area (Å²) in [5.74, 6) is -0.360. The van der Waals surface area contributed by atoms with Crippen LogP contribution in [0.25, 0.3) is 0 Å². The van der Waals surface area contributed by atoms with Gasteiger partial charge in [0.05, 0.1) is 12.5 Å². The molecule has 0 radical (unpaired) electrons. The number of rotatable bonds is 7. The third-order valence-electron chi connectivity index (χ3n) is 3.10. The van der Waals surface area contributed by atoms with E-state index in [1.54, 1.807) is 6.08 Å². The maximum atomic E-state index is 12.1. The normalized spacial score (nSPS) is 21.2. The van der Waals surface area contributed by atoms with Gasteiger partial charge in [-0.15, -0.1) is 6.58 Å². The Morgan fingerprint density at radius 2 is 2.20 bits per heavy atom. The van der Waals surface area contributed by atoms with Crippen molar-refractivity contribution in [3.8, 4) is 0 Å². The molecule has 0 amide bonds. The van der Waals surface area contributed by atoms with Crippen molar-refractivity contribution in [1.82, 2.24) is 0 Å². The van der Waals surface area contributed by atoms with Crippen molar-refractivity contribution in [2.45, 2.75) is 64.8 Å². The smallest absolute Gasteiger partial charge is 0.309 e. The Kier molecular flexibility index (Phi) is 7.24. The van der Waals surface area contributed by atoms with Crippen LogP contribution in [0.3, 0.4) is 0 Å². The van der Waals surface area contributed by atoms with E-state index in [1.165, 1.54) is 0 Å². The lowest BCUT2D eigenvalue weighted by atomic mass is 10.0. The van der Waals surface area contributed by atoms with Gasteiger partial charge in [0, 0.05) is 6.61 Å². The van der Waals surface area contributed by atoms with Crippen molar-refractivity contribution in [2.75, 3.05) is 13.2 Å². The van der Waals surface area contributed by atoms with Crippen molar-refractivity contribution in [1.29, 1.82) is 0 Å². The fourth-order valence-electron chi connectivity index (χ4n) is 2.10. The molecule has 4 heteroatoms. The molecule has 0 aromatic carbocycles.